The van der Waals surface area contributed by atoms with E-state index in [-0.39, 0.29) is 19.1 Å². The Balaban J connectivity index is 4.11. The first-order chi connectivity index (χ1) is 8.22. The average Bonchev–Trinajstić information content (AvgIpc) is 2.22. The Morgan fingerprint density at radius 1 is 0.889 bits per heavy atom. The quantitative estimate of drug-likeness (QED) is 0.469. The van der Waals surface area contributed by atoms with E-state index in [1.165, 1.54) is 0 Å². The summed E-state index contributed by atoms with van der Waals surface area (Å²) in [6.07, 6.45) is 1.61. The van der Waals surface area contributed by atoms with E-state index in [4.69, 9.17) is 19.1 Å². The van der Waals surface area contributed by atoms with Crippen molar-refractivity contribution in [3.05, 3.63) is 0 Å². The zero-order valence-corrected chi connectivity index (χ0v) is 15.7. The second-order valence-electron chi connectivity index (χ2n) is 5.84. The average molecular weight is 310 g/mol. The molecule has 0 heterocycles. The minimum Gasteiger partial charge on any atom is -0.398 e. The topological polar surface area (TPSA) is 58.9 Å². The minimum atomic E-state index is -1.72. The number of aliphatic hydroxyl groups is 2. The van der Waals surface area contributed by atoms with Crippen LogP contribution in [0.3, 0.4) is 0 Å². The zero-order chi connectivity index (χ0) is 14.2. The first kappa shape index (κ1) is 18.5. The summed E-state index contributed by atoms with van der Waals surface area (Å²) >= 11 is 0. The summed E-state index contributed by atoms with van der Waals surface area (Å²) in [6.45, 7) is 9.11. The predicted octanol–water partition coefficient (Wildman–Crippen LogP) is 1.11. The van der Waals surface area contributed by atoms with Gasteiger partial charge in [0.25, 0.3) is 0 Å². The van der Waals surface area contributed by atoms with E-state index in [0.717, 1.165) is 24.9 Å². The Labute approximate surface area is 116 Å². The first-order valence-electron chi connectivity index (χ1n) is 6.63. The molecule has 1 radical (unpaired) electrons. The van der Waals surface area contributed by atoms with Gasteiger partial charge in [-0.05, 0) is 51.1 Å². The summed E-state index contributed by atoms with van der Waals surface area (Å²) in [5.74, 6) is -0.147. The van der Waals surface area contributed by atoms with Gasteiger partial charge in [0.2, 0.25) is 0 Å². The summed E-state index contributed by atoms with van der Waals surface area (Å²) in [7, 11) is -1.71. The largest absolute Gasteiger partial charge is 0.398 e. The highest BCUT2D eigenvalue weighted by Crippen LogP contribution is 2.20. The smallest absolute Gasteiger partial charge is 0.189 e. The lowest BCUT2D eigenvalue weighted by atomic mass is 10.5. The van der Waals surface area contributed by atoms with E-state index in [1.807, 2.05) is 0 Å². The van der Waals surface area contributed by atoms with Crippen molar-refractivity contribution in [2.24, 2.45) is 0 Å². The van der Waals surface area contributed by atoms with Crippen molar-refractivity contribution >= 4 is 26.9 Å². The predicted molar refractivity (Wildman–Crippen MR) is 82.5 cm³/mol. The van der Waals surface area contributed by atoms with Crippen molar-refractivity contribution < 1.29 is 19.1 Å². The number of aliphatic hydroxyl groups excluding tert-OH is 2. The van der Waals surface area contributed by atoms with E-state index in [2.05, 4.69) is 26.2 Å². The molecule has 0 aliphatic rings. The highest BCUT2D eigenvalue weighted by Gasteiger charge is 2.29. The summed E-state index contributed by atoms with van der Waals surface area (Å²) in [5, 5.41) is 17.7. The van der Waals surface area contributed by atoms with Gasteiger partial charge < -0.3 is 19.1 Å². The zero-order valence-electron chi connectivity index (χ0n) is 12.2. The van der Waals surface area contributed by atoms with Crippen LogP contribution in [0.15, 0.2) is 0 Å². The Hall–Kier alpha value is 0.491. The lowest BCUT2D eigenvalue weighted by Crippen LogP contribution is -2.43. The fourth-order valence-electron chi connectivity index (χ4n) is 1.86. The van der Waals surface area contributed by atoms with E-state index >= 15 is 0 Å². The van der Waals surface area contributed by atoms with E-state index in [9.17, 15) is 0 Å². The van der Waals surface area contributed by atoms with Crippen molar-refractivity contribution in [1.29, 1.82) is 0 Å². The molecule has 4 nitrogen and oxygen atoms in total. The third kappa shape index (κ3) is 9.42. The van der Waals surface area contributed by atoms with Crippen LogP contribution in [0.2, 0.25) is 38.3 Å². The van der Waals surface area contributed by atoms with E-state index in [0.29, 0.717) is 0 Å². The molecule has 0 fully saturated rings. The Bertz CT molecular complexity index is 202. The molecule has 0 aromatic heterocycles. The maximum Gasteiger partial charge on any atom is 0.189 e. The van der Waals surface area contributed by atoms with Gasteiger partial charge in [0.05, 0.1) is 10.2 Å². The van der Waals surface area contributed by atoms with Gasteiger partial charge in [0.1, 0.15) is 5.91 Å². The lowest BCUT2D eigenvalue weighted by Gasteiger charge is -2.33. The van der Waals surface area contributed by atoms with Crippen molar-refractivity contribution in [1.82, 2.24) is 0 Å². The van der Waals surface area contributed by atoms with E-state index < -0.39 is 16.6 Å². The normalized spacial score (nSPS) is 13.3. The van der Waals surface area contributed by atoms with Gasteiger partial charge in [0, 0.05) is 13.2 Å². The van der Waals surface area contributed by atoms with Crippen LogP contribution >= 0.6 is 0 Å². The monoisotopic (exact) mass is 309 g/mol. The van der Waals surface area contributed by atoms with Crippen LogP contribution in [0.5, 0.6) is 0 Å². The van der Waals surface area contributed by atoms with E-state index in [1.54, 1.807) is 10.2 Å². The van der Waals surface area contributed by atoms with Crippen LogP contribution in [0.4, 0.5) is 0 Å². The van der Waals surface area contributed by atoms with Crippen molar-refractivity contribution in [3.63, 3.8) is 0 Å². The lowest BCUT2D eigenvalue weighted by molar-refractivity contribution is 0.0603. The molecule has 0 unspecified atom stereocenters. The molecule has 0 aliphatic heterocycles. The van der Waals surface area contributed by atoms with Gasteiger partial charge in [-0.3, -0.25) is 0 Å². The molecule has 0 atom stereocenters. The molecule has 0 spiro atoms. The first-order valence-corrected chi connectivity index (χ1v) is 13.7. The maximum atomic E-state index is 8.87. The van der Waals surface area contributed by atoms with Gasteiger partial charge in [-0.2, -0.15) is 0 Å². The molecule has 2 N–H and O–H groups in total. The van der Waals surface area contributed by atoms with Gasteiger partial charge in [-0.25, -0.2) is 0 Å². The summed E-state index contributed by atoms with van der Waals surface area (Å²) in [4.78, 5) is 0. The molecular formula is C11H29O4Si3. The minimum absolute atomic E-state index is 0.147. The van der Waals surface area contributed by atoms with Gasteiger partial charge in [0.15, 0.2) is 16.6 Å². The molecule has 7 heteroatoms. The molecule has 0 bridgehead atoms. The second-order valence-corrected chi connectivity index (χ2v) is 15.0. The molecule has 0 amide bonds. The van der Waals surface area contributed by atoms with Gasteiger partial charge in [-0.1, -0.05) is 0 Å². The van der Waals surface area contributed by atoms with Crippen LogP contribution < -0.4 is 0 Å². The Kier molecular flexibility index (Phi) is 8.85. The number of rotatable bonds is 10. The van der Waals surface area contributed by atoms with Gasteiger partial charge >= 0.3 is 0 Å². The molecule has 0 aromatic carbocycles. The highest BCUT2D eigenvalue weighted by molar-refractivity contribution is 6.72. The Morgan fingerprint density at radius 3 is 1.50 bits per heavy atom. The maximum absolute atomic E-state index is 8.87. The summed E-state index contributed by atoms with van der Waals surface area (Å²) in [5.41, 5.74) is 0. The second kappa shape index (κ2) is 8.62. The number of hydrogen-bond acceptors (Lipinski definition) is 4. The molecule has 109 valence electrons. The van der Waals surface area contributed by atoms with Gasteiger partial charge in [-0.15, -0.1) is 0 Å². The molecule has 0 aliphatic carbocycles. The third-order valence-electron chi connectivity index (χ3n) is 2.77. The Morgan fingerprint density at radius 2 is 1.22 bits per heavy atom. The molecule has 0 saturated carbocycles. The summed E-state index contributed by atoms with van der Waals surface area (Å²) in [6, 6.07) is 1.92. The third-order valence-corrected chi connectivity index (χ3v) is 8.69. The van der Waals surface area contributed by atoms with Crippen LogP contribution in [0, 0.1) is 0 Å². The fourth-order valence-corrected chi connectivity index (χ4v) is 8.44. The fraction of sp³-hybridized carbons (Fsp3) is 1.00. The molecule has 0 saturated heterocycles. The molecule has 0 rings (SSSR count). The molecule has 0 aromatic rings. The molecule has 18 heavy (non-hydrogen) atoms. The van der Waals surface area contributed by atoms with Crippen molar-refractivity contribution in [2.75, 3.05) is 13.2 Å². The van der Waals surface area contributed by atoms with Crippen molar-refractivity contribution in [2.45, 2.75) is 57.0 Å². The standard InChI is InChI=1S/C11H29O4Si3/c1-17(2,9-5-7-12)14-11(16)15-18(3,4)10-6-8-13/h11-13H,5-10,16H2,1-4H3. The van der Waals surface area contributed by atoms with Crippen LogP contribution in [-0.4, -0.2) is 56.2 Å². The van der Waals surface area contributed by atoms with Crippen LogP contribution in [0.25, 0.3) is 0 Å². The van der Waals surface area contributed by atoms with Crippen LogP contribution in [0.1, 0.15) is 12.8 Å². The molecular weight excluding hydrogens is 280 g/mol. The highest BCUT2D eigenvalue weighted by atomic mass is 28.4. The number of hydrogen-bond donors (Lipinski definition) is 2. The van der Waals surface area contributed by atoms with Crippen LogP contribution in [-0.2, 0) is 8.85 Å². The SMILES string of the molecule is C[Si](C)(CCCO)OC([SiH2])O[Si](C)(C)CCCO. The van der Waals surface area contributed by atoms with Crippen molar-refractivity contribution in [3.8, 4) is 0 Å². The summed E-state index contributed by atoms with van der Waals surface area (Å²) < 4.78 is 12.1.